The van der Waals surface area contributed by atoms with E-state index in [1.54, 1.807) is 24.3 Å². The standard InChI is InChI=1S/C14H19ClF3NO/c1-10(2)19-9-13(20-8-7-14(16,17)18)11-5-3-4-6-12(11)15/h3-6,10,13,19H,7-9H2,1-2H3. The topological polar surface area (TPSA) is 21.3 Å². The number of nitrogens with one attached hydrogen (secondary N) is 1. The maximum absolute atomic E-state index is 12.2. The molecule has 20 heavy (non-hydrogen) atoms. The highest BCUT2D eigenvalue weighted by atomic mass is 35.5. The van der Waals surface area contributed by atoms with E-state index < -0.39 is 18.7 Å². The molecule has 1 aromatic rings. The molecule has 0 heterocycles. The van der Waals surface area contributed by atoms with E-state index in [2.05, 4.69) is 5.32 Å². The van der Waals surface area contributed by atoms with Gasteiger partial charge in [-0.2, -0.15) is 13.2 Å². The number of alkyl halides is 3. The van der Waals surface area contributed by atoms with Gasteiger partial charge in [-0.15, -0.1) is 0 Å². The van der Waals surface area contributed by atoms with Crippen molar-refractivity contribution in [3.8, 4) is 0 Å². The van der Waals surface area contributed by atoms with Crippen LogP contribution >= 0.6 is 11.6 Å². The summed E-state index contributed by atoms with van der Waals surface area (Å²) in [6, 6.07) is 7.24. The van der Waals surface area contributed by atoms with Gasteiger partial charge in [0.25, 0.3) is 0 Å². The van der Waals surface area contributed by atoms with Crippen LogP contribution in [-0.2, 0) is 4.74 Å². The minimum absolute atomic E-state index is 0.214. The lowest BCUT2D eigenvalue weighted by Gasteiger charge is -2.21. The van der Waals surface area contributed by atoms with E-state index in [0.29, 0.717) is 17.1 Å². The summed E-state index contributed by atoms with van der Waals surface area (Å²) in [6.07, 6.45) is -5.67. The lowest BCUT2D eigenvalue weighted by Crippen LogP contribution is -2.30. The van der Waals surface area contributed by atoms with Crippen LogP contribution in [0.5, 0.6) is 0 Å². The highest BCUT2D eigenvalue weighted by Gasteiger charge is 2.27. The van der Waals surface area contributed by atoms with Crippen molar-refractivity contribution in [3.63, 3.8) is 0 Å². The Morgan fingerprint density at radius 2 is 1.90 bits per heavy atom. The molecule has 0 spiro atoms. The van der Waals surface area contributed by atoms with Crippen molar-refractivity contribution < 1.29 is 17.9 Å². The van der Waals surface area contributed by atoms with Gasteiger partial charge in [0.15, 0.2) is 0 Å². The van der Waals surface area contributed by atoms with Gasteiger partial charge in [-0.1, -0.05) is 43.6 Å². The van der Waals surface area contributed by atoms with Crippen molar-refractivity contribution in [2.75, 3.05) is 13.2 Å². The normalized spacial score (nSPS) is 13.8. The molecule has 1 rings (SSSR count). The number of benzene rings is 1. The third-order valence-corrected chi connectivity index (χ3v) is 3.01. The van der Waals surface area contributed by atoms with E-state index in [1.165, 1.54) is 0 Å². The molecule has 0 aliphatic carbocycles. The van der Waals surface area contributed by atoms with Crippen molar-refractivity contribution in [3.05, 3.63) is 34.9 Å². The van der Waals surface area contributed by atoms with Crippen LogP contribution in [0.2, 0.25) is 5.02 Å². The van der Waals surface area contributed by atoms with Gasteiger partial charge in [-0.25, -0.2) is 0 Å². The van der Waals surface area contributed by atoms with Crippen LogP contribution < -0.4 is 5.32 Å². The summed E-state index contributed by atoms with van der Waals surface area (Å²) in [4.78, 5) is 0. The van der Waals surface area contributed by atoms with Crippen LogP contribution in [0.4, 0.5) is 13.2 Å². The molecule has 1 aromatic carbocycles. The summed E-state index contributed by atoms with van der Waals surface area (Å²) in [7, 11) is 0. The number of hydrogen-bond acceptors (Lipinski definition) is 2. The Balaban J connectivity index is 2.68. The fourth-order valence-electron chi connectivity index (χ4n) is 1.65. The van der Waals surface area contributed by atoms with Crippen molar-refractivity contribution >= 4 is 11.6 Å². The third kappa shape index (κ3) is 6.59. The molecule has 0 saturated heterocycles. The summed E-state index contributed by atoms with van der Waals surface area (Å²) in [5, 5.41) is 3.65. The second kappa shape index (κ2) is 7.86. The molecule has 1 atom stereocenters. The van der Waals surface area contributed by atoms with E-state index >= 15 is 0 Å². The third-order valence-electron chi connectivity index (χ3n) is 2.67. The first-order valence-corrected chi connectivity index (χ1v) is 6.83. The Morgan fingerprint density at radius 3 is 2.45 bits per heavy atom. The molecule has 0 aromatic heterocycles. The van der Waals surface area contributed by atoms with Gasteiger partial charge >= 0.3 is 6.18 Å². The van der Waals surface area contributed by atoms with E-state index in [-0.39, 0.29) is 12.6 Å². The molecular formula is C14H19ClF3NO. The highest BCUT2D eigenvalue weighted by Crippen LogP contribution is 2.27. The molecule has 0 fully saturated rings. The molecule has 114 valence electrons. The Kier molecular flexibility index (Phi) is 6.79. The summed E-state index contributed by atoms with van der Waals surface area (Å²) in [5.41, 5.74) is 0.699. The van der Waals surface area contributed by atoms with Crippen LogP contribution in [-0.4, -0.2) is 25.4 Å². The zero-order valence-electron chi connectivity index (χ0n) is 11.5. The predicted octanol–water partition coefficient (Wildman–Crippen LogP) is 4.35. The Bertz CT molecular complexity index is 410. The highest BCUT2D eigenvalue weighted by molar-refractivity contribution is 6.31. The Morgan fingerprint density at radius 1 is 1.25 bits per heavy atom. The molecule has 0 saturated carbocycles. The SMILES string of the molecule is CC(C)NCC(OCCC(F)(F)F)c1ccccc1Cl. The fraction of sp³-hybridized carbons (Fsp3) is 0.571. The fourth-order valence-corrected chi connectivity index (χ4v) is 1.91. The van der Waals surface area contributed by atoms with Gasteiger partial charge in [0.2, 0.25) is 0 Å². The second-order valence-electron chi connectivity index (χ2n) is 4.81. The Hall–Kier alpha value is -0.780. The van der Waals surface area contributed by atoms with Gasteiger partial charge in [0, 0.05) is 23.2 Å². The molecule has 0 radical (unpaired) electrons. The summed E-state index contributed by atoms with van der Waals surface area (Å²) in [5.74, 6) is 0. The number of hydrogen-bond donors (Lipinski definition) is 1. The summed E-state index contributed by atoms with van der Waals surface area (Å²) < 4.78 is 41.9. The molecule has 0 amide bonds. The number of ether oxygens (including phenoxy) is 1. The van der Waals surface area contributed by atoms with Gasteiger partial charge in [0.1, 0.15) is 0 Å². The molecule has 1 N–H and O–H groups in total. The van der Waals surface area contributed by atoms with Crippen molar-refractivity contribution in [2.45, 2.75) is 38.6 Å². The lowest BCUT2D eigenvalue weighted by atomic mass is 10.1. The van der Waals surface area contributed by atoms with Crippen LogP contribution in [0.15, 0.2) is 24.3 Å². The molecule has 0 aliphatic rings. The van der Waals surface area contributed by atoms with E-state index in [1.807, 2.05) is 13.8 Å². The van der Waals surface area contributed by atoms with Gasteiger partial charge in [-0.3, -0.25) is 0 Å². The number of halogens is 4. The molecule has 0 aliphatic heterocycles. The number of rotatable bonds is 7. The van der Waals surface area contributed by atoms with Crippen LogP contribution in [0.1, 0.15) is 31.9 Å². The van der Waals surface area contributed by atoms with Crippen LogP contribution in [0, 0.1) is 0 Å². The smallest absolute Gasteiger partial charge is 0.372 e. The maximum Gasteiger partial charge on any atom is 0.391 e. The quantitative estimate of drug-likeness (QED) is 0.808. The first-order chi connectivity index (χ1) is 9.29. The van der Waals surface area contributed by atoms with Gasteiger partial charge < -0.3 is 10.1 Å². The largest absolute Gasteiger partial charge is 0.391 e. The van der Waals surface area contributed by atoms with Crippen LogP contribution in [0.25, 0.3) is 0 Å². The average Bonchev–Trinajstić information content (AvgIpc) is 2.33. The van der Waals surface area contributed by atoms with E-state index in [4.69, 9.17) is 16.3 Å². The molecule has 2 nitrogen and oxygen atoms in total. The van der Waals surface area contributed by atoms with Gasteiger partial charge in [0.05, 0.1) is 19.1 Å². The summed E-state index contributed by atoms with van der Waals surface area (Å²) >= 11 is 6.07. The van der Waals surface area contributed by atoms with E-state index in [0.717, 1.165) is 0 Å². The van der Waals surface area contributed by atoms with Crippen molar-refractivity contribution in [1.82, 2.24) is 5.32 Å². The van der Waals surface area contributed by atoms with Crippen molar-refractivity contribution in [1.29, 1.82) is 0 Å². The van der Waals surface area contributed by atoms with Crippen LogP contribution in [0.3, 0.4) is 0 Å². The molecular weight excluding hydrogens is 291 g/mol. The lowest BCUT2D eigenvalue weighted by molar-refractivity contribution is -0.149. The summed E-state index contributed by atoms with van der Waals surface area (Å²) in [6.45, 7) is 3.96. The first kappa shape index (κ1) is 17.3. The minimum Gasteiger partial charge on any atom is -0.372 e. The molecule has 6 heteroatoms. The predicted molar refractivity (Wildman–Crippen MR) is 74.0 cm³/mol. The minimum atomic E-state index is -4.21. The average molecular weight is 310 g/mol. The van der Waals surface area contributed by atoms with Gasteiger partial charge in [-0.05, 0) is 6.07 Å². The zero-order chi connectivity index (χ0) is 15.2. The monoisotopic (exact) mass is 309 g/mol. The molecule has 0 bridgehead atoms. The molecule has 1 unspecified atom stereocenters. The second-order valence-corrected chi connectivity index (χ2v) is 5.22. The maximum atomic E-state index is 12.2. The zero-order valence-corrected chi connectivity index (χ0v) is 12.3. The first-order valence-electron chi connectivity index (χ1n) is 6.46. The Labute approximate surface area is 122 Å². The van der Waals surface area contributed by atoms with Crippen molar-refractivity contribution in [2.24, 2.45) is 0 Å². The van der Waals surface area contributed by atoms with E-state index in [9.17, 15) is 13.2 Å².